The summed E-state index contributed by atoms with van der Waals surface area (Å²) in [5.41, 5.74) is 0.995. The Hall–Kier alpha value is -1.22. The van der Waals surface area contributed by atoms with Gasteiger partial charge in [-0.3, -0.25) is 4.79 Å². The second-order valence-corrected chi connectivity index (χ2v) is 4.76. The molecule has 3 nitrogen and oxygen atoms in total. The third-order valence-electron chi connectivity index (χ3n) is 2.62. The van der Waals surface area contributed by atoms with E-state index in [1.165, 1.54) is 0 Å². The summed E-state index contributed by atoms with van der Waals surface area (Å²) in [7, 11) is 0. The maximum absolute atomic E-state index is 11.3. The summed E-state index contributed by atoms with van der Waals surface area (Å²) in [5.74, 6) is 0.649. The number of hydrogen-bond donors (Lipinski definition) is 0. The molecule has 0 fully saturated rings. The largest absolute Gasteiger partial charge is 0.494 e. The fourth-order valence-electron chi connectivity index (χ4n) is 1.64. The van der Waals surface area contributed by atoms with E-state index >= 15 is 0 Å². The first kappa shape index (κ1) is 15.8. The molecule has 0 spiro atoms. The van der Waals surface area contributed by atoms with E-state index in [0.717, 1.165) is 17.7 Å². The van der Waals surface area contributed by atoms with Crippen LogP contribution in [-0.4, -0.2) is 19.2 Å². The van der Waals surface area contributed by atoms with Crippen LogP contribution in [0.25, 0.3) is 0 Å². The lowest BCUT2D eigenvalue weighted by atomic mass is 10.1. The first-order valence-corrected chi connectivity index (χ1v) is 7.13. The van der Waals surface area contributed by atoms with Crippen LogP contribution in [0.4, 0.5) is 0 Å². The van der Waals surface area contributed by atoms with Crippen molar-refractivity contribution in [1.29, 1.82) is 0 Å². The molecule has 0 saturated heterocycles. The van der Waals surface area contributed by atoms with Crippen molar-refractivity contribution in [3.63, 3.8) is 0 Å². The number of hydrogen-bond acceptors (Lipinski definition) is 3. The molecule has 1 unspecified atom stereocenters. The average molecular weight is 285 g/mol. The average Bonchev–Trinajstić information content (AvgIpc) is 2.43. The lowest BCUT2D eigenvalue weighted by molar-refractivity contribution is -0.143. The van der Waals surface area contributed by atoms with Crippen molar-refractivity contribution in [2.45, 2.75) is 38.5 Å². The highest BCUT2D eigenvalue weighted by Gasteiger charge is 2.11. The summed E-state index contributed by atoms with van der Waals surface area (Å²) in [6, 6.07) is 7.69. The van der Waals surface area contributed by atoms with Crippen molar-refractivity contribution in [1.82, 2.24) is 0 Å². The molecule has 106 valence electrons. The number of ether oxygens (including phenoxy) is 2. The molecule has 0 aliphatic heterocycles. The van der Waals surface area contributed by atoms with Crippen molar-refractivity contribution in [2.24, 2.45) is 0 Å². The zero-order valence-corrected chi connectivity index (χ0v) is 12.3. The lowest BCUT2D eigenvalue weighted by Gasteiger charge is -2.11. The van der Waals surface area contributed by atoms with E-state index in [-0.39, 0.29) is 11.3 Å². The highest BCUT2D eigenvalue weighted by Crippen LogP contribution is 2.27. The Morgan fingerprint density at radius 2 is 1.95 bits per heavy atom. The van der Waals surface area contributed by atoms with Gasteiger partial charge in [-0.2, -0.15) is 0 Å². The van der Waals surface area contributed by atoms with Crippen molar-refractivity contribution in [3.8, 4) is 5.75 Å². The van der Waals surface area contributed by atoms with Crippen molar-refractivity contribution in [2.75, 3.05) is 13.2 Å². The third kappa shape index (κ3) is 5.97. The first-order valence-electron chi connectivity index (χ1n) is 6.69. The molecule has 1 aromatic carbocycles. The number of carbonyl (C=O) groups is 1. The Balaban J connectivity index is 2.43. The van der Waals surface area contributed by atoms with Gasteiger partial charge in [0.05, 0.1) is 18.6 Å². The summed E-state index contributed by atoms with van der Waals surface area (Å²) < 4.78 is 10.4. The molecular formula is C15H21ClO3. The Bertz CT molecular complexity index is 375. The number of rotatable bonds is 8. The molecule has 0 aliphatic carbocycles. The van der Waals surface area contributed by atoms with Gasteiger partial charge in [-0.15, -0.1) is 11.6 Å². The van der Waals surface area contributed by atoms with E-state index in [9.17, 15) is 4.79 Å². The van der Waals surface area contributed by atoms with Crippen molar-refractivity contribution < 1.29 is 14.3 Å². The van der Waals surface area contributed by atoms with Gasteiger partial charge in [0.25, 0.3) is 0 Å². The third-order valence-corrected chi connectivity index (χ3v) is 3.09. The van der Waals surface area contributed by atoms with Crippen LogP contribution in [0.1, 0.15) is 44.1 Å². The molecule has 0 amide bonds. The molecule has 0 aromatic heterocycles. The van der Waals surface area contributed by atoms with Crippen molar-refractivity contribution in [3.05, 3.63) is 29.8 Å². The molecule has 4 heteroatoms. The predicted octanol–water partition coefficient (Wildman–Crippen LogP) is 4.10. The van der Waals surface area contributed by atoms with E-state index in [4.69, 9.17) is 21.1 Å². The topological polar surface area (TPSA) is 35.5 Å². The van der Waals surface area contributed by atoms with Crippen LogP contribution in [-0.2, 0) is 9.53 Å². The molecule has 0 N–H and O–H groups in total. The fraction of sp³-hybridized carbons (Fsp3) is 0.533. The van der Waals surface area contributed by atoms with Gasteiger partial charge in [0.2, 0.25) is 0 Å². The second-order valence-electron chi connectivity index (χ2n) is 4.23. The minimum atomic E-state index is -0.198. The summed E-state index contributed by atoms with van der Waals surface area (Å²) in [6.07, 6.45) is 1.91. The van der Waals surface area contributed by atoms with Crippen LogP contribution in [0, 0.1) is 0 Å². The smallest absolute Gasteiger partial charge is 0.305 e. The van der Waals surface area contributed by atoms with Gasteiger partial charge in [-0.25, -0.2) is 0 Å². The standard InChI is InChI=1S/C15H21ClO3/c1-3-11-19-13-7-5-12(6-8-13)14(16)9-10-15(17)18-4-2/h5-8,14H,3-4,9-11H2,1-2H3. The monoisotopic (exact) mass is 284 g/mol. The van der Waals surface area contributed by atoms with E-state index in [1.54, 1.807) is 6.92 Å². The van der Waals surface area contributed by atoms with Crippen LogP contribution in [0.15, 0.2) is 24.3 Å². The van der Waals surface area contributed by atoms with E-state index in [0.29, 0.717) is 26.1 Å². The number of alkyl halides is 1. The summed E-state index contributed by atoms with van der Waals surface area (Å²) in [5, 5.41) is -0.176. The van der Waals surface area contributed by atoms with Gasteiger partial charge < -0.3 is 9.47 Å². The van der Waals surface area contributed by atoms with Gasteiger partial charge >= 0.3 is 5.97 Å². The van der Waals surface area contributed by atoms with E-state index < -0.39 is 0 Å². The Kier molecular flexibility index (Phi) is 7.34. The number of benzene rings is 1. The molecule has 1 rings (SSSR count). The quantitative estimate of drug-likeness (QED) is 0.532. The number of esters is 1. The molecule has 19 heavy (non-hydrogen) atoms. The molecule has 0 heterocycles. The highest BCUT2D eigenvalue weighted by atomic mass is 35.5. The van der Waals surface area contributed by atoms with Crippen LogP contribution in [0.5, 0.6) is 5.75 Å². The van der Waals surface area contributed by atoms with Crippen LogP contribution < -0.4 is 4.74 Å². The summed E-state index contributed by atoms with van der Waals surface area (Å²) in [6.45, 7) is 4.99. The van der Waals surface area contributed by atoms with Crippen LogP contribution in [0.2, 0.25) is 0 Å². The lowest BCUT2D eigenvalue weighted by Crippen LogP contribution is -2.05. The summed E-state index contributed by atoms with van der Waals surface area (Å²) in [4.78, 5) is 11.3. The molecule has 1 aromatic rings. The molecule has 0 bridgehead atoms. The highest BCUT2D eigenvalue weighted by molar-refractivity contribution is 6.20. The maximum Gasteiger partial charge on any atom is 0.305 e. The van der Waals surface area contributed by atoms with Crippen LogP contribution in [0.3, 0.4) is 0 Å². The molecule has 1 atom stereocenters. The zero-order valence-electron chi connectivity index (χ0n) is 11.5. The molecule has 0 aliphatic rings. The molecule has 0 saturated carbocycles. The van der Waals surface area contributed by atoms with Gasteiger partial charge in [0, 0.05) is 6.42 Å². The number of carbonyl (C=O) groups excluding carboxylic acids is 1. The predicted molar refractivity (Wildman–Crippen MR) is 76.7 cm³/mol. The molecule has 0 radical (unpaired) electrons. The van der Waals surface area contributed by atoms with Crippen molar-refractivity contribution >= 4 is 17.6 Å². The molecular weight excluding hydrogens is 264 g/mol. The Morgan fingerprint density at radius 3 is 2.53 bits per heavy atom. The van der Waals surface area contributed by atoms with E-state index in [2.05, 4.69) is 6.92 Å². The van der Waals surface area contributed by atoms with Gasteiger partial charge in [-0.1, -0.05) is 19.1 Å². The van der Waals surface area contributed by atoms with Gasteiger partial charge in [0.1, 0.15) is 5.75 Å². The van der Waals surface area contributed by atoms with E-state index in [1.807, 2.05) is 24.3 Å². The first-order chi connectivity index (χ1) is 9.17. The fourth-order valence-corrected chi connectivity index (χ4v) is 1.89. The minimum Gasteiger partial charge on any atom is -0.494 e. The summed E-state index contributed by atoms with van der Waals surface area (Å²) >= 11 is 6.26. The normalized spacial score (nSPS) is 11.9. The van der Waals surface area contributed by atoms with Gasteiger partial charge in [-0.05, 0) is 37.5 Å². The Morgan fingerprint density at radius 1 is 1.26 bits per heavy atom. The second kappa shape index (κ2) is 8.81. The van der Waals surface area contributed by atoms with Crippen LogP contribution >= 0.6 is 11.6 Å². The van der Waals surface area contributed by atoms with Gasteiger partial charge in [0.15, 0.2) is 0 Å². The number of halogens is 1. The maximum atomic E-state index is 11.3. The zero-order chi connectivity index (χ0) is 14.1. The SMILES string of the molecule is CCCOc1ccc(C(Cl)CCC(=O)OCC)cc1. The Labute approximate surface area is 119 Å². The minimum absolute atomic E-state index is 0.176.